The van der Waals surface area contributed by atoms with E-state index >= 15 is 0 Å². The molecule has 0 spiro atoms. The summed E-state index contributed by atoms with van der Waals surface area (Å²) in [6, 6.07) is 13.7. The Balaban J connectivity index is 2.24. The van der Waals surface area contributed by atoms with Crippen LogP contribution in [0, 0.1) is 5.92 Å². The van der Waals surface area contributed by atoms with Crippen LogP contribution < -0.4 is 14.2 Å². The second kappa shape index (κ2) is 9.39. The van der Waals surface area contributed by atoms with Crippen LogP contribution in [0.1, 0.15) is 11.7 Å². The van der Waals surface area contributed by atoms with E-state index in [4.69, 9.17) is 14.2 Å². The van der Waals surface area contributed by atoms with Gasteiger partial charge in [0.1, 0.15) is 0 Å². The number of benzene rings is 2. The van der Waals surface area contributed by atoms with Gasteiger partial charge in [0.25, 0.3) is 0 Å². The first-order chi connectivity index (χ1) is 12.2. The van der Waals surface area contributed by atoms with Gasteiger partial charge in [-0.25, -0.2) is 0 Å². The summed E-state index contributed by atoms with van der Waals surface area (Å²) in [4.78, 5) is 1.15. The van der Waals surface area contributed by atoms with E-state index in [1.165, 1.54) is 0 Å². The fourth-order valence-corrected chi connectivity index (χ4v) is 3.64. The van der Waals surface area contributed by atoms with E-state index in [-0.39, 0.29) is 5.92 Å². The van der Waals surface area contributed by atoms with Crippen molar-refractivity contribution in [1.29, 1.82) is 0 Å². The number of hydrogen-bond donors (Lipinski definition) is 1. The van der Waals surface area contributed by atoms with Gasteiger partial charge in [-0.3, -0.25) is 0 Å². The van der Waals surface area contributed by atoms with Crippen molar-refractivity contribution in [3.63, 3.8) is 0 Å². The fraction of sp³-hybridized carbons (Fsp3) is 0.300. The third-order valence-corrected chi connectivity index (χ3v) is 5.10. The lowest BCUT2D eigenvalue weighted by Gasteiger charge is -2.23. The molecule has 25 heavy (non-hydrogen) atoms. The first-order valence-electron chi connectivity index (χ1n) is 7.93. The molecule has 0 aliphatic rings. The third-order valence-electron chi connectivity index (χ3n) is 3.95. The molecule has 0 bridgehead atoms. The van der Waals surface area contributed by atoms with Crippen molar-refractivity contribution in [2.45, 2.75) is 11.0 Å². The van der Waals surface area contributed by atoms with Crippen LogP contribution in [0.15, 0.2) is 60.0 Å². The molecule has 0 radical (unpaired) electrons. The molecule has 134 valence electrons. The van der Waals surface area contributed by atoms with Gasteiger partial charge < -0.3 is 19.3 Å². The molecule has 0 fully saturated rings. The number of ether oxygens (including phenoxy) is 3. The van der Waals surface area contributed by atoms with Gasteiger partial charge in [0.15, 0.2) is 11.5 Å². The molecule has 0 amide bonds. The van der Waals surface area contributed by atoms with E-state index in [9.17, 15) is 5.11 Å². The van der Waals surface area contributed by atoms with Gasteiger partial charge in [-0.05, 0) is 24.3 Å². The molecule has 2 atom stereocenters. The molecule has 0 unspecified atom stereocenters. The summed E-state index contributed by atoms with van der Waals surface area (Å²) in [6.45, 7) is 3.88. The molecule has 0 aromatic heterocycles. The van der Waals surface area contributed by atoms with Crippen molar-refractivity contribution >= 4 is 11.8 Å². The number of methoxy groups -OCH3 is 3. The molecule has 0 aliphatic heterocycles. The van der Waals surface area contributed by atoms with Crippen LogP contribution in [0.4, 0.5) is 0 Å². The molecule has 1 N–H and O–H groups in total. The maximum atomic E-state index is 10.9. The lowest BCUT2D eigenvalue weighted by atomic mass is 9.96. The molecule has 0 heterocycles. The lowest BCUT2D eigenvalue weighted by Crippen LogP contribution is -2.14. The maximum Gasteiger partial charge on any atom is 0.203 e. The number of aliphatic hydroxyl groups is 1. The molecule has 0 saturated heterocycles. The third kappa shape index (κ3) is 4.50. The van der Waals surface area contributed by atoms with E-state index < -0.39 is 6.10 Å². The minimum absolute atomic E-state index is 0.141. The topological polar surface area (TPSA) is 47.9 Å². The Hall–Kier alpha value is -2.11. The molecular formula is C20H24O4S. The number of hydrogen-bond acceptors (Lipinski definition) is 5. The summed E-state index contributed by atoms with van der Waals surface area (Å²) in [5.41, 5.74) is 0.652. The van der Waals surface area contributed by atoms with Crippen molar-refractivity contribution in [1.82, 2.24) is 0 Å². The maximum absolute atomic E-state index is 10.9. The van der Waals surface area contributed by atoms with Crippen LogP contribution in [0.2, 0.25) is 0 Å². The van der Waals surface area contributed by atoms with Gasteiger partial charge in [-0.15, -0.1) is 18.3 Å². The van der Waals surface area contributed by atoms with E-state index in [1.54, 1.807) is 51.3 Å². The molecule has 0 aliphatic carbocycles. The minimum atomic E-state index is -0.761. The van der Waals surface area contributed by atoms with Crippen LogP contribution in [0.3, 0.4) is 0 Å². The first kappa shape index (κ1) is 19.2. The molecular weight excluding hydrogens is 336 g/mol. The molecule has 0 saturated carbocycles. The predicted octanol–water partition coefficient (Wildman–Crippen LogP) is 4.34. The van der Waals surface area contributed by atoms with Crippen LogP contribution in [0.5, 0.6) is 17.2 Å². The highest BCUT2D eigenvalue weighted by atomic mass is 32.2. The smallest absolute Gasteiger partial charge is 0.203 e. The zero-order chi connectivity index (χ0) is 18.2. The van der Waals surface area contributed by atoms with Crippen molar-refractivity contribution in [3.8, 4) is 17.2 Å². The van der Waals surface area contributed by atoms with Crippen LogP contribution in [-0.4, -0.2) is 32.2 Å². The second-order valence-electron chi connectivity index (χ2n) is 5.39. The zero-order valence-electron chi connectivity index (χ0n) is 14.8. The monoisotopic (exact) mass is 360 g/mol. The van der Waals surface area contributed by atoms with Crippen LogP contribution >= 0.6 is 11.8 Å². The Morgan fingerprint density at radius 1 is 1.00 bits per heavy atom. The Labute approximate surface area is 153 Å². The normalized spacial score (nSPS) is 13.0. The molecule has 4 nitrogen and oxygen atoms in total. The molecule has 2 aromatic rings. The van der Waals surface area contributed by atoms with Gasteiger partial charge in [0.2, 0.25) is 5.75 Å². The van der Waals surface area contributed by atoms with E-state index in [2.05, 4.69) is 6.58 Å². The van der Waals surface area contributed by atoms with Crippen LogP contribution in [-0.2, 0) is 0 Å². The van der Waals surface area contributed by atoms with Gasteiger partial charge in [0.05, 0.1) is 27.4 Å². The van der Waals surface area contributed by atoms with E-state index in [0.717, 1.165) is 4.90 Å². The summed E-state index contributed by atoms with van der Waals surface area (Å²) in [7, 11) is 4.67. The summed E-state index contributed by atoms with van der Waals surface area (Å²) in [5.74, 6) is 2.07. The van der Waals surface area contributed by atoms with Gasteiger partial charge >= 0.3 is 0 Å². The lowest BCUT2D eigenvalue weighted by molar-refractivity contribution is 0.137. The van der Waals surface area contributed by atoms with Crippen molar-refractivity contribution in [3.05, 3.63) is 60.7 Å². The zero-order valence-corrected chi connectivity index (χ0v) is 15.6. The van der Waals surface area contributed by atoms with Crippen molar-refractivity contribution < 1.29 is 19.3 Å². The number of rotatable bonds is 9. The SMILES string of the molecule is C=C[C@@H](CSc1ccccc1)[C@@H](O)c1ccc(OC)c(OC)c1OC. The number of aliphatic hydroxyl groups excluding tert-OH is 1. The summed E-state index contributed by atoms with van der Waals surface area (Å²) < 4.78 is 16.2. The Morgan fingerprint density at radius 2 is 1.68 bits per heavy atom. The Morgan fingerprint density at radius 3 is 2.24 bits per heavy atom. The number of thioether (sulfide) groups is 1. The minimum Gasteiger partial charge on any atom is -0.493 e. The highest BCUT2D eigenvalue weighted by molar-refractivity contribution is 7.99. The highest BCUT2D eigenvalue weighted by Gasteiger charge is 2.25. The van der Waals surface area contributed by atoms with Gasteiger partial charge in [-0.2, -0.15) is 0 Å². The Bertz CT molecular complexity index is 688. The predicted molar refractivity (Wildman–Crippen MR) is 102 cm³/mol. The summed E-state index contributed by atoms with van der Waals surface area (Å²) in [6.07, 6.45) is 1.01. The quantitative estimate of drug-likeness (QED) is 0.532. The van der Waals surface area contributed by atoms with E-state index in [0.29, 0.717) is 28.6 Å². The van der Waals surface area contributed by atoms with Crippen LogP contribution in [0.25, 0.3) is 0 Å². The summed E-state index contributed by atoms with van der Waals surface area (Å²) in [5, 5.41) is 10.9. The van der Waals surface area contributed by atoms with Crippen molar-refractivity contribution in [2.75, 3.05) is 27.1 Å². The summed E-state index contributed by atoms with van der Waals surface area (Å²) >= 11 is 1.68. The average molecular weight is 360 g/mol. The molecule has 2 rings (SSSR count). The van der Waals surface area contributed by atoms with Gasteiger partial charge in [0, 0.05) is 22.1 Å². The molecule has 2 aromatic carbocycles. The standard InChI is InChI=1S/C20H24O4S/c1-5-14(13-25-15-9-7-6-8-10-15)18(21)16-11-12-17(22-2)20(24-4)19(16)23-3/h5-12,14,18,21H,1,13H2,2-4H3/t14-,18+/m0/s1. The molecule has 5 heteroatoms. The second-order valence-corrected chi connectivity index (χ2v) is 6.49. The highest BCUT2D eigenvalue weighted by Crippen LogP contribution is 2.44. The van der Waals surface area contributed by atoms with Gasteiger partial charge in [-0.1, -0.05) is 24.3 Å². The average Bonchev–Trinajstić information content (AvgIpc) is 2.67. The largest absolute Gasteiger partial charge is 0.493 e. The fourth-order valence-electron chi connectivity index (χ4n) is 2.59. The van der Waals surface area contributed by atoms with E-state index in [1.807, 2.05) is 30.3 Å². The Kier molecular flexibility index (Phi) is 7.22. The van der Waals surface area contributed by atoms with Crippen molar-refractivity contribution in [2.24, 2.45) is 5.92 Å². The first-order valence-corrected chi connectivity index (χ1v) is 8.92.